The van der Waals surface area contributed by atoms with Crippen molar-refractivity contribution in [2.75, 3.05) is 36.0 Å². The van der Waals surface area contributed by atoms with Crippen molar-refractivity contribution in [1.82, 2.24) is 19.9 Å². The summed E-state index contributed by atoms with van der Waals surface area (Å²) in [5.74, 6) is 2.85. The van der Waals surface area contributed by atoms with E-state index in [0.29, 0.717) is 17.6 Å². The molecule has 0 unspecified atom stereocenters. The van der Waals surface area contributed by atoms with Crippen LogP contribution in [-0.4, -0.2) is 46.1 Å². The molecule has 0 bridgehead atoms. The summed E-state index contributed by atoms with van der Waals surface area (Å²) in [7, 11) is 0. The number of hydrogen-bond donors (Lipinski definition) is 1. The number of nitrogens with zero attached hydrogens (tertiary/aromatic N) is 5. The van der Waals surface area contributed by atoms with Crippen LogP contribution in [0.1, 0.15) is 43.9 Å². The third kappa shape index (κ3) is 5.13. The van der Waals surface area contributed by atoms with E-state index in [2.05, 4.69) is 57.0 Å². The fourth-order valence-electron chi connectivity index (χ4n) is 5.10. The highest BCUT2D eigenvalue weighted by Gasteiger charge is 2.23. The normalized spacial score (nSPS) is 17.8. The molecule has 34 heavy (non-hydrogen) atoms. The Morgan fingerprint density at radius 1 is 0.971 bits per heavy atom. The highest BCUT2D eigenvalue weighted by molar-refractivity contribution is 5.62. The van der Waals surface area contributed by atoms with Crippen molar-refractivity contribution in [2.45, 2.75) is 46.0 Å². The van der Waals surface area contributed by atoms with Gasteiger partial charge in [-0.15, -0.1) is 0 Å². The summed E-state index contributed by atoms with van der Waals surface area (Å²) in [6.45, 7) is 8.05. The molecule has 5 rings (SSSR count). The van der Waals surface area contributed by atoms with Gasteiger partial charge in [-0.3, -0.25) is 9.78 Å². The Bertz CT molecular complexity index is 1160. The van der Waals surface area contributed by atoms with Crippen LogP contribution in [0.4, 0.5) is 11.9 Å². The Morgan fingerprint density at radius 3 is 2.38 bits per heavy atom. The molecule has 0 atom stereocenters. The van der Waals surface area contributed by atoms with Gasteiger partial charge in [0, 0.05) is 44.0 Å². The molecule has 178 valence electrons. The summed E-state index contributed by atoms with van der Waals surface area (Å²) in [6, 6.07) is 12.2. The summed E-state index contributed by atoms with van der Waals surface area (Å²) in [6.07, 6.45) is 7.46. The SMILES string of the molecule is Cc1nc(N2CCC(C)CC2)ncc1-c1cc(=O)[nH]c(N2CCC(Cc3ccccc3)CC2)n1. The molecule has 0 saturated carbocycles. The van der Waals surface area contributed by atoms with Crippen LogP contribution in [-0.2, 0) is 6.42 Å². The maximum atomic E-state index is 12.5. The van der Waals surface area contributed by atoms with Gasteiger partial charge >= 0.3 is 0 Å². The van der Waals surface area contributed by atoms with Crippen LogP contribution in [0.3, 0.4) is 0 Å². The lowest BCUT2D eigenvalue weighted by molar-refractivity contribution is 0.400. The Balaban J connectivity index is 1.29. The zero-order valence-electron chi connectivity index (χ0n) is 20.2. The molecule has 4 heterocycles. The minimum absolute atomic E-state index is 0.139. The second-order valence-corrected chi connectivity index (χ2v) is 9.91. The Hall–Kier alpha value is -3.22. The molecule has 0 spiro atoms. The van der Waals surface area contributed by atoms with E-state index >= 15 is 0 Å². The van der Waals surface area contributed by atoms with Gasteiger partial charge in [0.15, 0.2) is 0 Å². The maximum absolute atomic E-state index is 12.5. The Kier molecular flexibility index (Phi) is 6.61. The fraction of sp³-hybridized carbons (Fsp3) is 0.481. The van der Waals surface area contributed by atoms with E-state index in [1.807, 2.05) is 13.1 Å². The molecular formula is C27H34N6O. The summed E-state index contributed by atoms with van der Waals surface area (Å²) < 4.78 is 0. The molecular weight excluding hydrogens is 424 g/mol. The Morgan fingerprint density at radius 2 is 1.68 bits per heavy atom. The first-order valence-corrected chi connectivity index (χ1v) is 12.5. The zero-order valence-corrected chi connectivity index (χ0v) is 20.2. The van der Waals surface area contributed by atoms with Crippen LogP contribution in [0.15, 0.2) is 47.4 Å². The number of hydrogen-bond acceptors (Lipinski definition) is 6. The maximum Gasteiger partial charge on any atom is 0.252 e. The third-order valence-electron chi connectivity index (χ3n) is 7.32. The summed E-state index contributed by atoms with van der Waals surface area (Å²) >= 11 is 0. The summed E-state index contributed by atoms with van der Waals surface area (Å²) in [5, 5.41) is 0. The number of aromatic amines is 1. The van der Waals surface area contributed by atoms with Gasteiger partial charge < -0.3 is 9.80 Å². The van der Waals surface area contributed by atoms with Gasteiger partial charge in [0.05, 0.1) is 11.4 Å². The largest absolute Gasteiger partial charge is 0.342 e. The van der Waals surface area contributed by atoms with Crippen molar-refractivity contribution in [3.8, 4) is 11.3 Å². The topological polar surface area (TPSA) is 78.0 Å². The number of benzene rings is 1. The Labute approximate surface area is 201 Å². The van der Waals surface area contributed by atoms with Crippen LogP contribution in [0, 0.1) is 18.8 Å². The minimum Gasteiger partial charge on any atom is -0.342 e. The first-order chi connectivity index (χ1) is 16.5. The molecule has 1 N–H and O–H groups in total. The van der Waals surface area contributed by atoms with Crippen molar-refractivity contribution < 1.29 is 0 Å². The predicted octanol–water partition coefficient (Wildman–Crippen LogP) is 4.23. The van der Waals surface area contributed by atoms with Crippen LogP contribution in [0.5, 0.6) is 0 Å². The number of anilines is 2. The molecule has 7 nitrogen and oxygen atoms in total. The van der Waals surface area contributed by atoms with Gasteiger partial charge in [-0.05, 0) is 56.4 Å². The van der Waals surface area contributed by atoms with E-state index in [4.69, 9.17) is 9.97 Å². The number of rotatable bonds is 5. The van der Waals surface area contributed by atoms with Crippen LogP contribution in [0.2, 0.25) is 0 Å². The quantitative estimate of drug-likeness (QED) is 0.617. The summed E-state index contributed by atoms with van der Waals surface area (Å²) in [4.78, 5) is 34.2. The molecule has 2 saturated heterocycles. The van der Waals surface area contributed by atoms with Gasteiger partial charge in [-0.2, -0.15) is 0 Å². The lowest BCUT2D eigenvalue weighted by Crippen LogP contribution is -2.36. The average molecular weight is 459 g/mol. The highest BCUT2D eigenvalue weighted by Crippen LogP contribution is 2.27. The standard InChI is InChI=1S/C27H34N6O/c1-19-8-12-32(13-9-19)26-28-18-23(20(2)29-26)24-17-25(34)31-27(30-24)33-14-10-22(11-15-33)16-21-6-4-3-5-7-21/h3-7,17-19,22H,8-16H2,1-2H3,(H,30,31,34). The van der Waals surface area contributed by atoms with Gasteiger partial charge in [0.25, 0.3) is 5.56 Å². The van der Waals surface area contributed by atoms with Crippen LogP contribution < -0.4 is 15.4 Å². The first-order valence-electron chi connectivity index (χ1n) is 12.5. The molecule has 2 aliphatic heterocycles. The molecule has 3 aromatic rings. The average Bonchev–Trinajstić information content (AvgIpc) is 2.85. The molecule has 0 amide bonds. The molecule has 1 aromatic carbocycles. The zero-order chi connectivity index (χ0) is 23.5. The molecule has 2 aromatic heterocycles. The van der Waals surface area contributed by atoms with E-state index < -0.39 is 0 Å². The van der Waals surface area contributed by atoms with Crippen LogP contribution in [0.25, 0.3) is 11.3 Å². The van der Waals surface area contributed by atoms with E-state index in [-0.39, 0.29) is 5.56 Å². The third-order valence-corrected chi connectivity index (χ3v) is 7.32. The molecule has 0 radical (unpaired) electrons. The van der Waals surface area contributed by atoms with Crippen molar-refractivity contribution >= 4 is 11.9 Å². The smallest absolute Gasteiger partial charge is 0.252 e. The number of aromatic nitrogens is 4. The number of nitrogens with one attached hydrogen (secondary N) is 1. The monoisotopic (exact) mass is 458 g/mol. The molecule has 0 aliphatic carbocycles. The molecule has 2 aliphatic rings. The fourth-order valence-corrected chi connectivity index (χ4v) is 5.10. The highest BCUT2D eigenvalue weighted by atomic mass is 16.1. The van der Waals surface area contributed by atoms with Gasteiger partial charge in [-0.25, -0.2) is 15.0 Å². The number of piperidine rings is 2. The van der Waals surface area contributed by atoms with E-state index in [1.54, 1.807) is 6.07 Å². The molecule has 2 fully saturated rings. The predicted molar refractivity (Wildman–Crippen MR) is 136 cm³/mol. The van der Waals surface area contributed by atoms with E-state index in [0.717, 1.165) is 68.6 Å². The molecule has 7 heteroatoms. The second kappa shape index (κ2) is 9.95. The lowest BCUT2D eigenvalue weighted by atomic mass is 9.90. The summed E-state index contributed by atoms with van der Waals surface area (Å²) in [5.41, 5.74) is 3.57. The van der Waals surface area contributed by atoms with Crippen molar-refractivity contribution in [3.63, 3.8) is 0 Å². The van der Waals surface area contributed by atoms with E-state index in [1.165, 1.54) is 18.4 Å². The van der Waals surface area contributed by atoms with Gasteiger partial charge in [-0.1, -0.05) is 37.3 Å². The number of aryl methyl sites for hydroxylation is 1. The second-order valence-electron chi connectivity index (χ2n) is 9.91. The minimum atomic E-state index is -0.139. The van der Waals surface area contributed by atoms with Crippen molar-refractivity contribution in [2.24, 2.45) is 11.8 Å². The first kappa shape index (κ1) is 22.6. The van der Waals surface area contributed by atoms with Gasteiger partial charge in [0.1, 0.15) is 0 Å². The number of H-pyrrole nitrogens is 1. The van der Waals surface area contributed by atoms with E-state index in [9.17, 15) is 4.79 Å². The van der Waals surface area contributed by atoms with Crippen molar-refractivity contribution in [1.29, 1.82) is 0 Å². The van der Waals surface area contributed by atoms with Crippen molar-refractivity contribution in [3.05, 3.63) is 64.2 Å². The lowest BCUT2D eigenvalue weighted by Gasteiger charge is -2.32. The van der Waals surface area contributed by atoms with Gasteiger partial charge in [0.2, 0.25) is 11.9 Å². The van der Waals surface area contributed by atoms with Crippen LogP contribution >= 0.6 is 0 Å².